The molecule has 2 heterocycles. The van der Waals surface area contributed by atoms with Crippen LogP contribution in [0.1, 0.15) is 11.6 Å². The first-order valence-corrected chi connectivity index (χ1v) is 8.38. The second-order valence-corrected chi connectivity index (χ2v) is 7.35. The van der Waals surface area contributed by atoms with E-state index < -0.39 is 4.33 Å². The minimum absolute atomic E-state index is 0.232. The third-order valence-corrected chi connectivity index (χ3v) is 5.14. The van der Waals surface area contributed by atoms with Crippen LogP contribution < -0.4 is 0 Å². The van der Waals surface area contributed by atoms with Gasteiger partial charge in [-0.2, -0.15) is 0 Å². The summed E-state index contributed by atoms with van der Waals surface area (Å²) in [7, 11) is 0. The Labute approximate surface area is 144 Å². The number of carbonyl (C=O) groups is 1. The highest BCUT2D eigenvalue weighted by atomic mass is 35.5. The summed E-state index contributed by atoms with van der Waals surface area (Å²) < 4.78 is 3.94. The second-order valence-electron chi connectivity index (χ2n) is 5.53. The van der Waals surface area contributed by atoms with Crippen molar-refractivity contribution in [3.63, 3.8) is 0 Å². The van der Waals surface area contributed by atoms with Crippen molar-refractivity contribution in [1.82, 2.24) is 9.80 Å². The Hall–Kier alpha value is -0.520. The highest BCUT2D eigenvalue weighted by Gasteiger charge is 2.59. The Morgan fingerprint density at radius 1 is 1.14 bits per heavy atom. The van der Waals surface area contributed by atoms with Crippen LogP contribution in [0.2, 0.25) is 5.02 Å². The number of morpholine rings is 1. The van der Waals surface area contributed by atoms with E-state index in [-0.39, 0.29) is 11.9 Å². The molecule has 1 aromatic carbocycles. The molecule has 1 unspecified atom stereocenters. The van der Waals surface area contributed by atoms with Gasteiger partial charge in [-0.3, -0.25) is 9.69 Å². The number of benzene rings is 1. The van der Waals surface area contributed by atoms with Gasteiger partial charge in [0.2, 0.25) is 4.33 Å². The van der Waals surface area contributed by atoms with Gasteiger partial charge in [-0.25, -0.2) is 0 Å². The highest BCUT2D eigenvalue weighted by Crippen LogP contribution is 2.50. The minimum Gasteiger partial charge on any atom is -0.379 e. The molecule has 120 valence electrons. The third-order valence-electron chi connectivity index (χ3n) is 4.15. The van der Waals surface area contributed by atoms with E-state index in [9.17, 15) is 4.79 Å². The summed E-state index contributed by atoms with van der Waals surface area (Å²) in [6.07, 6.45) is 0. The van der Waals surface area contributed by atoms with Crippen molar-refractivity contribution >= 4 is 40.7 Å². The van der Waals surface area contributed by atoms with Crippen LogP contribution in [-0.2, 0) is 9.53 Å². The first-order chi connectivity index (χ1) is 10.5. The fraction of sp³-hybridized carbons (Fsp3) is 0.533. The standard InChI is InChI=1S/C15H17Cl3N2O2/c16-12-3-1-11(2-4-12)13-15(17,18)14(21)20(13)6-5-19-7-9-22-10-8-19/h1-4,13H,5-10H2. The number of alkyl halides is 2. The molecule has 0 aromatic heterocycles. The van der Waals surface area contributed by atoms with Crippen LogP contribution in [0, 0.1) is 0 Å². The highest BCUT2D eigenvalue weighted by molar-refractivity contribution is 6.60. The number of carbonyl (C=O) groups excluding carboxylic acids is 1. The Morgan fingerprint density at radius 3 is 2.41 bits per heavy atom. The molecule has 1 aromatic rings. The van der Waals surface area contributed by atoms with E-state index in [0.717, 1.165) is 38.4 Å². The van der Waals surface area contributed by atoms with Crippen LogP contribution in [-0.4, -0.2) is 59.4 Å². The number of rotatable bonds is 4. The molecule has 1 amide bonds. The van der Waals surface area contributed by atoms with Crippen LogP contribution >= 0.6 is 34.8 Å². The molecular weight excluding hydrogens is 347 g/mol. The minimum atomic E-state index is -1.39. The van der Waals surface area contributed by atoms with Crippen LogP contribution in [0.4, 0.5) is 0 Å². The molecular formula is C15H17Cl3N2O2. The van der Waals surface area contributed by atoms with Crippen molar-refractivity contribution < 1.29 is 9.53 Å². The molecule has 0 radical (unpaired) electrons. The number of ether oxygens (including phenoxy) is 1. The van der Waals surface area contributed by atoms with Crippen molar-refractivity contribution in [1.29, 1.82) is 0 Å². The first kappa shape index (κ1) is 16.3. The molecule has 3 rings (SSSR count). The van der Waals surface area contributed by atoms with Crippen molar-refractivity contribution in [3.05, 3.63) is 34.9 Å². The zero-order valence-corrected chi connectivity index (χ0v) is 14.2. The zero-order valence-electron chi connectivity index (χ0n) is 12.0. The lowest BCUT2D eigenvalue weighted by atomic mass is 9.92. The number of hydrogen-bond acceptors (Lipinski definition) is 3. The molecule has 7 heteroatoms. The first-order valence-electron chi connectivity index (χ1n) is 7.24. The number of nitrogens with zero attached hydrogens (tertiary/aromatic N) is 2. The quantitative estimate of drug-likeness (QED) is 0.609. The monoisotopic (exact) mass is 362 g/mol. The molecule has 0 N–H and O–H groups in total. The number of likely N-dealkylation sites (tertiary alicyclic amines) is 1. The van der Waals surface area contributed by atoms with Gasteiger partial charge < -0.3 is 9.64 Å². The maximum atomic E-state index is 12.2. The largest absolute Gasteiger partial charge is 0.379 e. The van der Waals surface area contributed by atoms with Gasteiger partial charge in [0.25, 0.3) is 5.91 Å². The van der Waals surface area contributed by atoms with E-state index in [1.807, 2.05) is 12.1 Å². The van der Waals surface area contributed by atoms with Crippen molar-refractivity contribution in [3.8, 4) is 0 Å². The maximum Gasteiger partial charge on any atom is 0.262 e. The number of amides is 1. The summed E-state index contributed by atoms with van der Waals surface area (Å²) in [4.78, 5) is 16.2. The molecule has 2 aliphatic heterocycles. The number of hydrogen-bond donors (Lipinski definition) is 0. The molecule has 0 aliphatic carbocycles. The third kappa shape index (κ3) is 3.08. The fourth-order valence-electron chi connectivity index (χ4n) is 2.89. The normalized spacial score (nSPS) is 25.1. The zero-order chi connectivity index (χ0) is 15.7. The topological polar surface area (TPSA) is 32.8 Å². The lowest BCUT2D eigenvalue weighted by Crippen LogP contribution is -2.63. The summed E-state index contributed by atoms with van der Waals surface area (Å²) in [5.41, 5.74) is 0.899. The predicted molar refractivity (Wildman–Crippen MR) is 87.6 cm³/mol. The van der Waals surface area contributed by atoms with Crippen LogP contribution in [0.25, 0.3) is 0 Å². The van der Waals surface area contributed by atoms with E-state index in [4.69, 9.17) is 39.5 Å². The Kier molecular flexibility index (Phi) is 4.86. The molecule has 1 atom stereocenters. The van der Waals surface area contributed by atoms with Gasteiger partial charge in [-0.1, -0.05) is 46.9 Å². The second kappa shape index (κ2) is 6.54. The maximum absolute atomic E-state index is 12.2. The van der Waals surface area contributed by atoms with E-state index in [1.54, 1.807) is 17.0 Å². The lowest BCUT2D eigenvalue weighted by Gasteiger charge is -2.50. The summed E-state index contributed by atoms with van der Waals surface area (Å²) in [6, 6.07) is 6.95. The molecule has 2 aliphatic rings. The van der Waals surface area contributed by atoms with Gasteiger partial charge >= 0.3 is 0 Å². The van der Waals surface area contributed by atoms with Crippen LogP contribution in [0.5, 0.6) is 0 Å². The van der Waals surface area contributed by atoms with Crippen molar-refractivity contribution in [2.24, 2.45) is 0 Å². The van der Waals surface area contributed by atoms with E-state index >= 15 is 0 Å². The van der Waals surface area contributed by atoms with Gasteiger partial charge in [-0.15, -0.1) is 0 Å². The summed E-state index contributed by atoms with van der Waals surface area (Å²) >= 11 is 18.3. The smallest absolute Gasteiger partial charge is 0.262 e. The molecule has 0 spiro atoms. The summed E-state index contributed by atoms with van der Waals surface area (Å²) in [6.45, 7) is 4.66. The molecule has 22 heavy (non-hydrogen) atoms. The molecule has 4 nitrogen and oxygen atoms in total. The van der Waals surface area contributed by atoms with Crippen LogP contribution in [0.15, 0.2) is 24.3 Å². The fourth-order valence-corrected chi connectivity index (χ4v) is 3.72. The van der Waals surface area contributed by atoms with Gasteiger partial charge in [0.05, 0.1) is 19.3 Å². The summed E-state index contributed by atoms with van der Waals surface area (Å²) in [5, 5.41) is 0.643. The average molecular weight is 364 g/mol. The molecule has 2 fully saturated rings. The predicted octanol–water partition coefficient (Wildman–Crippen LogP) is 2.73. The van der Waals surface area contributed by atoms with Crippen molar-refractivity contribution in [2.45, 2.75) is 10.4 Å². The van der Waals surface area contributed by atoms with E-state index in [0.29, 0.717) is 11.6 Å². The SMILES string of the molecule is O=C1N(CCN2CCOCC2)C(c2ccc(Cl)cc2)C1(Cl)Cl. The van der Waals surface area contributed by atoms with Crippen LogP contribution in [0.3, 0.4) is 0 Å². The Balaban J connectivity index is 1.68. The van der Waals surface area contributed by atoms with Gasteiger partial charge in [0.15, 0.2) is 0 Å². The average Bonchev–Trinajstić information content (AvgIpc) is 2.53. The molecule has 2 saturated heterocycles. The Bertz CT molecular complexity index is 544. The Morgan fingerprint density at radius 2 is 1.77 bits per heavy atom. The van der Waals surface area contributed by atoms with E-state index in [1.165, 1.54) is 0 Å². The molecule has 0 bridgehead atoms. The summed E-state index contributed by atoms with van der Waals surface area (Å²) in [5.74, 6) is -0.232. The van der Waals surface area contributed by atoms with E-state index in [2.05, 4.69) is 4.90 Å². The van der Waals surface area contributed by atoms with Gasteiger partial charge in [0.1, 0.15) is 0 Å². The molecule has 0 saturated carbocycles. The lowest BCUT2D eigenvalue weighted by molar-refractivity contribution is -0.148. The van der Waals surface area contributed by atoms with Crippen molar-refractivity contribution in [2.75, 3.05) is 39.4 Å². The number of β-lactam (4-membered cyclic amide) rings is 1. The number of halogens is 3. The van der Waals surface area contributed by atoms with Gasteiger partial charge in [0, 0.05) is 31.2 Å². The van der Waals surface area contributed by atoms with Gasteiger partial charge in [-0.05, 0) is 17.7 Å².